The zero-order chi connectivity index (χ0) is 13.5. The summed E-state index contributed by atoms with van der Waals surface area (Å²) >= 11 is 5.73. The van der Waals surface area contributed by atoms with Gasteiger partial charge in [0.2, 0.25) is 0 Å². The van der Waals surface area contributed by atoms with E-state index < -0.39 is 0 Å². The fraction of sp³-hybridized carbons (Fsp3) is 0.294. The van der Waals surface area contributed by atoms with E-state index in [0.29, 0.717) is 0 Å². The maximum atomic E-state index is 5.73. The molecule has 2 aromatic carbocycles. The van der Waals surface area contributed by atoms with Gasteiger partial charge < -0.3 is 5.32 Å². The molecule has 1 N–H and O–H groups in total. The number of benzene rings is 2. The first kappa shape index (κ1) is 14.0. The Morgan fingerprint density at radius 1 is 1.00 bits per heavy atom. The van der Waals surface area contributed by atoms with E-state index in [4.69, 9.17) is 11.6 Å². The highest BCUT2D eigenvalue weighted by atomic mass is 35.5. The number of anilines is 1. The van der Waals surface area contributed by atoms with Crippen molar-refractivity contribution < 1.29 is 0 Å². The number of rotatable bonds is 6. The third kappa shape index (κ3) is 4.60. The van der Waals surface area contributed by atoms with E-state index in [1.807, 2.05) is 0 Å². The summed E-state index contributed by atoms with van der Waals surface area (Å²) in [6.07, 6.45) is 2.08. The number of hydrogen-bond acceptors (Lipinski definition) is 1. The van der Waals surface area contributed by atoms with E-state index in [2.05, 4.69) is 60.8 Å². The molecule has 0 fully saturated rings. The predicted molar refractivity (Wildman–Crippen MR) is 84.0 cm³/mol. The van der Waals surface area contributed by atoms with Gasteiger partial charge >= 0.3 is 0 Å². The van der Waals surface area contributed by atoms with E-state index in [9.17, 15) is 0 Å². The third-order valence-corrected chi connectivity index (χ3v) is 3.41. The molecule has 0 radical (unpaired) electrons. The quantitative estimate of drug-likeness (QED) is 0.747. The van der Waals surface area contributed by atoms with Crippen molar-refractivity contribution in [3.8, 4) is 0 Å². The van der Waals surface area contributed by atoms with Gasteiger partial charge in [-0.25, -0.2) is 0 Å². The van der Waals surface area contributed by atoms with Gasteiger partial charge in [0.1, 0.15) is 0 Å². The number of halogens is 1. The molecule has 0 saturated heterocycles. The van der Waals surface area contributed by atoms with Crippen LogP contribution in [0.1, 0.15) is 23.1 Å². The minimum Gasteiger partial charge on any atom is -0.381 e. The topological polar surface area (TPSA) is 12.0 Å². The minimum atomic E-state index is 0.723. The average Bonchev–Trinajstić information content (AvgIpc) is 2.45. The standard InChI is InChI=1S/C17H20ClN/c1-14-7-9-16(10-8-14)13-19-17-6-2-4-15(12-17)5-3-11-18/h2,4,6-10,12,19H,3,5,11,13H2,1H3. The average molecular weight is 274 g/mol. The molecule has 2 aromatic rings. The van der Waals surface area contributed by atoms with Gasteiger partial charge in [-0.15, -0.1) is 11.6 Å². The normalized spacial score (nSPS) is 10.4. The highest BCUT2D eigenvalue weighted by molar-refractivity contribution is 6.17. The number of hydrogen-bond donors (Lipinski definition) is 1. The van der Waals surface area contributed by atoms with Gasteiger partial charge in [-0.2, -0.15) is 0 Å². The Labute approximate surface area is 120 Å². The molecule has 2 heteroatoms. The van der Waals surface area contributed by atoms with Gasteiger partial charge in [-0.05, 0) is 43.0 Å². The molecule has 0 aliphatic carbocycles. The predicted octanol–water partition coefficient (Wildman–Crippen LogP) is 4.78. The molecule has 0 heterocycles. The molecule has 0 amide bonds. The molecule has 1 nitrogen and oxygen atoms in total. The summed E-state index contributed by atoms with van der Waals surface area (Å²) in [4.78, 5) is 0. The van der Waals surface area contributed by atoms with E-state index in [-0.39, 0.29) is 0 Å². The Bertz CT molecular complexity index is 505. The van der Waals surface area contributed by atoms with Crippen molar-refractivity contribution in [1.29, 1.82) is 0 Å². The molecule has 0 atom stereocenters. The molecule has 100 valence electrons. The molecular weight excluding hydrogens is 254 g/mol. The van der Waals surface area contributed by atoms with Crippen molar-refractivity contribution >= 4 is 17.3 Å². The van der Waals surface area contributed by atoms with Crippen molar-refractivity contribution in [2.24, 2.45) is 0 Å². The summed E-state index contributed by atoms with van der Waals surface area (Å²) in [5.41, 5.74) is 5.12. The van der Waals surface area contributed by atoms with Crippen LogP contribution in [0.25, 0.3) is 0 Å². The van der Waals surface area contributed by atoms with E-state index in [1.54, 1.807) is 0 Å². The molecular formula is C17H20ClN. The van der Waals surface area contributed by atoms with Crippen molar-refractivity contribution in [3.05, 3.63) is 65.2 Å². The van der Waals surface area contributed by atoms with Gasteiger partial charge in [0, 0.05) is 18.1 Å². The highest BCUT2D eigenvalue weighted by Crippen LogP contribution is 2.14. The lowest BCUT2D eigenvalue weighted by Crippen LogP contribution is -2.00. The first-order valence-corrected chi connectivity index (χ1v) is 7.26. The molecule has 0 aliphatic rings. The van der Waals surface area contributed by atoms with Gasteiger partial charge in [0.05, 0.1) is 0 Å². The lowest BCUT2D eigenvalue weighted by molar-refractivity contribution is 0.928. The minimum absolute atomic E-state index is 0.723. The Morgan fingerprint density at radius 3 is 2.53 bits per heavy atom. The van der Waals surface area contributed by atoms with Crippen LogP contribution in [0.5, 0.6) is 0 Å². The van der Waals surface area contributed by atoms with Crippen LogP contribution in [0, 0.1) is 6.92 Å². The van der Waals surface area contributed by atoms with Gasteiger partial charge in [-0.3, -0.25) is 0 Å². The van der Waals surface area contributed by atoms with E-state index in [0.717, 1.165) is 25.3 Å². The van der Waals surface area contributed by atoms with Gasteiger partial charge in [0.25, 0.3) is 0 Å². The zero-order valence-electron chi connectivity index (χ0n) is 11.3. The van der Waals surface area contributed by atoms with Crippen LogP contribution in [0.3, 0.4) is 0 Å². The first-order valence-electron chi connectivity index (χ1n) is 6.72. The van der Waals surface area contributed by atoms with Gasteiger partial charge in [-0.1, -0.05) is 42.0 Å². The van der Waals surface area contributed by atoms with Crippen molar-refractivity contribution in [3.63, 3.8) is 0 Å². The van der Waals surface area contributed by atoms with Crippen LogP contribution in [-0.2, 0) is 13.0 Å². The second kappa shape index (κ2) is 7.20. The monoisotopic (exact) mass is 273 g/mol. The van der Waals surface area contributed by atoms with Gasteiger partial charge in [0.15, 0.2) is 0 Å². The maximum absolute atomic E-state index is 5.73. The van der Waals surface area contributed by atoms with Crippen LogP contribution >= 0.6 is 11.6 Å². The Hall–Kier alpha value is -1.47. The van der Waals surface area contributed by atoms with Crippen LogP contribution in [0.2, 0.25) is 0 Å². The summed E-state index contributed by atoms with van der Waals surface area (Å²) in [5.74, 6) is 0.723. The van der Waals surface area contributed by atoms with E-state index in [1.165, 1.54) is 22.4 Å². The molecule has 0 spiro atoms. The number of nitrogens with one attached hydrogen (secondary N) is 1. The summed E-state index contributed by atoms with van der Waals surface area (Å²) in [5, 5.41) is 3.46. The van der Waals surface area contributed by atoms with Crippen molar-refractivity contribution in [2.75, 3.05) is 11.2 Å². The van der Waals surface area contributed by atoms with Crippen LogP contribution < -0.4 is 5.32 Å². The summed E-state index contributed by atoms with van der Waals surface area (Å²) in [7, 11) is 0. The third-order valence-electron chi connectivity index (χ3n) is 3.14. The molecule has 0 saturated carbocycles. The van der Waals surface area contributed by atoms with Crippen molar-refractivity contribution in [1.82, 2.24) is 0 Å². The Morgan fingerprint density at radius 2 is 1.79 bits per heavy atom. The zero-order valence-corrected chi connectivity index (χ0v) is 12.1. The molecule has 19 heavy (non-hydrogen) atoms. The lowest BCUT2D eigenvalue weighted by Gasteiger charge is -2.08. The summed E-state index contributed by atoms with van der Waals surface area (Å²) in [6.45, 7) is 2.97. The van der Waals surface area contributed by atoms with Crippen LogP contribution in [0.4, 0.5) is 5.69 Å². The maximum Gasteiger partial charge on any atom is 0.0400 e. The Kier molecular flexibility index (Phi) is 5.29. The molecule has 0 bridgehead atoms. The second-order valence-electron chi connectivity index (χ2n) is 4.83. The number of aryl methyl sites for hydroxylation is 2. The smallest absolute Gasteiger partial charge is 0.0400 e. The molecule has 0 unspecified atom stereocenters. The Balaban J connectivity index is 1.93. The SMILES string of the molecule is Cc1ccc(CNc2cccc(CCCCl)c2)cc1. The van der Waals surface area contributed by atoms with Crippen molar-refractivity contribution in [2.45, 2.75) is 26.3 Å². The molecule has 0 aromatic heterocycles. The molecule has 0 aliphatic heterocycles. The van der Waals surface area contributed by atoms with Crippen LogP contribution in [-0.4, -0.2) is 5.88 Å². The second-order valence-corrected chi connectivity index (χ2v) is 5.21. The largest absolute Gasteiger partial charge is 0.381 e. The number of alkyl halides is 1. The lowest BCUT2D eigenvalue weighted by atomic mass is 10.1. The first-order chi connectivity index (χ1) is 9.28. The van der Waals surface area contributed by atoms with E-state index >= 15 is 0 Å². The molecule has 2 rings (SSSR count). The fourth-order valence-corrected chi connectivity index (χ4v) is 2.15. The highest BCUT2D eigenvalue weighted by Gasteiger charge is 1.97. The summed E-state index contributed by atoms with van der Waals surface area (Å²) in [6, 6.07) is 17.2. The summed E-state index contributed by atoms with van der Waals surface area (Å²) < 4.78 is 0. The van der Waals surface area contributed by atoms with Crippen LogP contribution in [0.15, 0.2) is 48.5 Å². The fourth-order valence-electron chi connectivity index (χ4n) is 2.02.